The van der Waals surface area contributed by atoms with Crippen LogP contribution in [0.1, 0.15) is 26.2 Å². The van der Waals surface area contributed by atoms with E-state index in [2.05, 4.69) is 20.1 Å². The van der Waals surface area contributed by atoms with Gasteiger partial charge in [-0.05, 0) is 67.6 Å². The summed E-state index contributed by atoms with van der Waals surface area (Å²) in [4.78, 5) is 32.0. The van der Waals surface area contributed by atoms with Crippen molar-refractivity contribution in [3.63, 3.8) is 0 Å². The fourth-order valence-corrected chi connectivity index (χ4v) is 6.75. The number of piperidine rings is 1. The molecule has 1 aromatic heterocycles. The standard InChI is InChI=1S/C26H35N5O5S/c1-20(32)28-23-5-7-24(8-6-23)37(35,36)31-13-10-21(18-26(33)34)22(19-31)9-12-29-14-16-30(17-15-29)25-4-2-3-11-27-25/h2-8,11,21-22H,9-10,12-19H2,1H3,(H,28,32)(H,33,34). The lowest BCUT2D eigenvalue weighted by molar-refractivity contribution is -0.139. The van der Waals surface area contributed by atoms with E-state index < -0.39 is 16.0 Å². The summed E-state index contributed by atoms with van der Waals surface area (Å²) in [5.74, 6) is -0.184. The molecule has 2 aromatic rings. The minimum Gasteiger partial charge on any atom is -0.481 e. The van der Waals surface area contributed by atoms with E-state index in [0.29, 0.717) is 25.2 Å². The summed E-state index contributed by atoms with van der Waals surface area (Å²) < 4.78 is 28.2. The summed E-state index contributed by atoms with van der Waals surface area (Å²) in [6.07, 6.45) is 3.12. The summed E-state index contributed by atoms with van der Waals surface area (Å²) in [7, 11) is -3.73. The maximum atomic E-state index is 13.4. The van der Waals surface area contributed by atoms with Gasteiger partial charge in [-0.1, -0.05) is 6.07 Å². The predicted molar refractivity (Wildman–Crippen MR) is 141 cm³/mol. The molecule has 0 radical (unpaired) electrons. The highest BCUT2D eigenvalue weighted by atomic mass is 32.2. The quantitative estimate of drug-likeness (QED) is 0.508. The number of benzene rings is 1. The van der Waals surface area contributed by atoms with Crippen LogP contribution in [0.15, 0.2) is 53.6 Å². The van der Waals surface area contributed by atoms with Crippen LogP contribution in [0.2, 0.25) is 0 Å². The number of carboxylic acid groups (broad SMARTS) is 1. The second kappa shape index (κ2) is 12.0. The van der Waals surface area contributed by atoms with Gasteiger partial charge in [-0.25, -0.2) is 13.4 Å². The van der Waals surface area contributed by atoms with Crippen LogP contribution in [0.5, 0.6) is 0 Å². The van der Waals surface area contributed by atoms with Gasteiger partial charge in [0.15, 0.2) is 0 Å². The van der Waals surface area contributed by atoms with Crippen LogP contribution in [0.3, 0.4) is 0 Å². The Balaban J connectivity index is 1.38. The van der Waals surface area contributed by atoms with Crippen molar-refractivity contribution in [1.29, 1.82) is 0 Å². The maximum Gasteiger partial charge on any atom is 0.303 e. The lowest BCUT2D eigenvalue weighted by Gasteiger charge is -2.40. The molecule has 0 bridgehead atoms. The van der Waals surface area contributed by atoms with Gasteiger partial charge in [-0.2, -0.15) is 4.31 Å². The molecule has 2 N–H and O–H groups in total. The Morgan fingerprint density at radius 1 is 1.03 bits per heavy atom. The first-order valence-electron chi connectivity index (χ1n) is 12.7. The Hall–Kier alpha value is -3.02. The van der Waals surface area contributed by atoms with Gasteiger partial charge in [0, 0.05) is 64.5 Å². The van der Waals surface area contributed by atoms with Gasteiger partial charge >= 0.3 is 5.97 Å². The third-order valence-corrected chi connectivity index (χ3v) is 9.14. The number of nitrogens with one attached hydrogen (secondary N) is 1. The predicted octanol–water partition coefficient (Wildman–Crippen LogP) is 2.35. The molecule has 10 nitrogen and oxygen atoms in total. The number of aliphatic carboxylic acids is 1. The molecule has 2 fully saturated rings. The van der Waals surface area contributed by atoms with Gasteiger partial charge in [-0.15, -0.1) is 0 Å². The van der Waals surface area contributed by atoms with Gasteiger partial charge in [-0.3, -0.25) is 14.5 Å². The molecule has 3 heterocycles. The van der Waals surface area contributed by atoms with E-state index in [1.54, 1.807) is 18.3 Å². The lowest BCUT2D eigenvalue weighted by atomic mass is 9.82. The Morgan fingerprint density at radius 3 is 2.38 bits per heavy atom. The SMILES string of the molecule is CC(=O)Nc1ccc(S(=O)(=O)N2CCC(CC(=O)O)C(CCN3CCN(c4ccccn4)CC3)C2)cc1. The van der Waals surface area contributed by atoms with Crippen molar-refractivity contribution in [2.24, 2.45) is 11.8 Å². The first kappa shape index (κ1) is 27.0. The first-order valence-corrected chi connectivity index (χ1v) is 14.1. The van der Waals surface area contributed by atoms with Crippen molar-refractivity contribution in [3.8, 4) is 0 Å². The number of amides is 1. The van der Waals surface area contributed by atoms with Gasteiger partial charge in [0.1, 0.15) is 5.82 Å². The third-order valence-electron chi connectivity index (χ3n) is 7.27. The number of sulfonamides is 1. The molecule has 2 aliphatic heterocycles. The molecule has 4 rings (SSSR count). The van der Waals surface area contributed by atoms with E-state index in [9.17, 15) is 23.1 Å². The zero-order valence-electron chi connectivity index (χ0n) is 21.1. The van der Waals surface area contributed by atoms with E-state index in [1.165, 1.54) is 23.4 Å². The number of pyridine rings is 1. The van der Waals surface area contributed by atoms with Crippen LogP contribution >= 0.6 is 0 Å². The Morgan fingerprint density at radius 2 is 1.76 bits per heavy atom. The maximum absolute atomic E-state index is 13.4. The Kier molecular flexibility index (Phi) is 8.78. The van der Waals surface area contributed by atoms with Crippen molar-refractivity contribution in [3.05, 3.63) is 48.7 Å². The van der Waals surface area contributed by atoms with Gasteiger partial charge in [0.05, 0.1) is 4.90 Å². The topological polar surface area (TPSA) is 123 Å². The highest BCUT2D eigenvalue weighted by Crippen LogP contribution is 2.33. The highest BCUT2D eigenvalue weighted by Gasteiger charge is 2.36. The average molecular weight is 530 g/mol. The van der Waals surface area contributed by atoms with Gasteiger partial charge in [0.2, 0.25) is 15.9 Å². The number of piperazine rings is 1. The minimum atomic E-state index is -3.73. The van der Waals surface area contributed by atoms with Crippen LogP contribution in [-0.4, -0.2) is 85.4 Å². The first-order chi connectivity index (χ1) is 17.7. The van der Waals surface area contributed by atoms with Crippen molar-refractivity contribution in [2.75, 3.05) is 56.0 Å². The second-order valence-corrected chi connectivity index (χ2v) is 11.7. The number of carbonyl (C=O) groups excluding carboxylic acids is 1. The van der Waals surface area contributed by atoms with Crippen molar-refractivity contribution in [1.82, 2.24) is 14.2 Å². The van der Waals surface area contributed by atoms with Crippen LogP contribution in [0.4, 0.5) is 11.5 Å². The van der Waals surface area contributed by atoms with Crippen LogP contribution < -0.4 is 10.2 Å². The largest absolute Gasteiger partial charge is 0.481 e. The van der Waals surface area contributed by atoms with E-state index in [4.69, 9.17) is 0 Å². The molecule has 2 saturated heterocycles. The van der Waals surface area contributed by atoms with E-state index in [-0.39, 0.29) is 29.1 Å². The number of nitrogens with zero attached hydrogens (tertiary/aromatic N) is 4. The molecule has 37 heavy (non-hydrogen) atoms. The third kappa shape index (κ3) is 7.06. The fraction of sp³-hybridized carbons (Fsp3) is 0.500. The van der Waals surface area contributed by atoms with Crippen molar-refractivity contribution in [2.45, 2.75) is 31.1 Å². The van der Waals surface area contributed by atoms with E-state index >= 15 is 0 Å². The normalized spacial score (nSPS) is 21.5. The molecular weight excluding hydrogens is 494 g/mol. The van der Waals surface area contributed by atoms with Gasteiger partial charge < -0.3 is 15.3 Å². The molecule has 0 aliphatic carbocycles. The summed E-state index contributed by atoms with van der Waals surface area (Å²) in [6.45, 7) is 6.31. The number of aromatic nitrogens is 1. The second-order valence-electron chi connectivity index (χ2n) is 9.78. The fourth-order valence-electron chi connectivity index (χ4n) is 5.24. The summed E-state index contributed by atoms with van der Waals surface area (Å²) in [5.41, 5.74) is 0.535. The molecule has 0 saturated carbocycles. The van der Waals surface area contributed by atoms with Crippen LogP contribution in [-0.2, 0) is 19.6 Å². The van der Waals surface area contributed by atoms with Crippen molar-refractivity contribution >= 4 is 33.4 Å². The molecule has 2 unspecified atom stereocenters. The number of anilines is 2. The summed E-state index contributed by atoms with van der Waals surface area (Å²) >= 11 is 0. The van der Waals surface area contributed by atoms with Crippen LogP contribution in [0.25, 0.3) is 0 Å². The molecule has 0 spiro atoms. The lowest BCUT2D eigenvalue weighted by Crippen LogP contribution is -2.48. The Bertz CT molecular complexity index is 1170. The number of carbonyl (C=O) groups is 2. The molecule has 1 aromatic carbocycles. The highest BCUT2D eigenvalue weighted by molar-refractivity contribution is 7.89. The zero-order valence-corrected chi connectivity index (χ0v) is 21.9. The number of hydrogen-bond acceptors (Lipinski definition) is 7. The number of rotatable bonds is 9. The van der Waals surface area contributed by atoms with E-state index in [1.807, 2.05) is 18.2 Å². The molecule has 11 heteroatoms. The molecular formula is C26H35N5O5S. The zero-order chi connectivity index (χ0) is 26.4. The minimum absolute atomic E-state index is 0.0351. The van der Waals surface area contributed by atoms with Crippen molar-refractivity contribution < 1.29 is 23.1 Å². The monoisotopic (exact) mass is 529 g/mol. The van der Waals surface area contributed by atoms with E-state index in [0.717, 1.165) is 45.0 Å². The number of carboxylic acids is 1. The summed E-state index contributed by atoms with van der Waals surface area (Å²) in [5, 5.41) is 12.1. The molecule has 200 valence electrons. The smallest absolute Gasteiger partial charge is 0.303 e. The molecule has 1 amide bonds. The average Bonchev–Trinajstić information content (AvgIpc) is 2.88. The molecule has 2 atom stereocenters. The number of hydrogen-bond donors (Lipinski definition) is 2. The summed E-state index contributed by atoms with van der Waals surface area (Å²) in [6, 6.07) is 12.1. The van der Waals surface area contributed by atoms with Crippen LogP contribution in [0, 0.1) is 11.8 Å². The van der Waals surface area contributed by atoms with Gasteiger partial charge in [0.25, 0.3) is 0 Å². The Labute approximate surface area is 218 Å². The molecule has 2 aliphatic rings.